The number of benzene rings is 1. The van der Waals surface area contributed by atoms with Gasteiger partial charge in [-0.2, -0.15) is 0 Å². The van der Waals surface area contributed by atoms with Crippen molar-refractivity contribution in [3.63, 3.8) is 0 Å². The first kappa shape index (κ1) is 15.7. The minimum Gasteiger partial charge on any atom is -0.467 e. The summed E-state index contributed by atoms with van der Waals surface area (Å²) < 4.78 is 19.6. The van der Waals surface area contributed by atoms with Crippen LogP contribution in [-0.2, 0) is 17.9 Å². The summed E-state index contributed by atoms with van der Waals surface area (Å²) in [4.78, 5) is 13.5. The van der Waals surface area contributed by atoms with E-state index in [2.05, 4.69) is 21.2 Å². The maximum atomic E-state index is 13.6. The smallest absolute Gasteiger partial charge is 0.234 e. The van der Waals surface area contributed by atoms with Crippen molar-refractivity contribution in [3.8, 4) is 0 Å². The summed E-state index contributed by atoms with van der Waals surface area (Å²) >= 11 is 3.31. The van der Waals surface area contributed by atoms with Crippen molar-refractivity contribution < 1.29 is 13.6 Å². The topological polar surface area (TPSA) is 45.5 Å². The minimum absolute atomic E-state index is 0.135. The van der Waals surface area contributed by atoms with Gasteiger partial charge in [-0.05, 0) is 37.4 Å². The van der Waals surface area contributed by atoms with Gasteiger partial charge < -0.3 is 9.73 Å². The molecule has 0 aliphatic heterocycles. The summed E-state index contributed by atoms with van der Waals surface area (Å²) in [7, 11) is 1.77. The van der Waals surface area contributed by atoms with Crippen LogP contribution in [0.4, 0.5) is 4.39 Å². The highest BCUT2D eigenvalue weighted by atomic mass is 79.9. The van der Waals surface area contributed by atoms with Crippen LogP contribution in [0.25, 0.3) is 0 Å². The second-order valence-corrected chi connectivity index (χ2v) is 5.68. The molecule has 1 N–H and O–H groups in total. The van der Waals surface area contributed by atoms with Gasteiger partial charge in [0, 0.05) is 16.6 Å². The molecule has 0 fully saturated rings. The summed E-state index contributed by atoms with van der Waals surface area (Å²) in [5, 5.41) is 2.75. The van der Waals surface area contributed by atoms with E-state index in [-0.39, 0.29) is 18.3 Å². The van der Waals surface area contributed by atoms with Gasteiger partial charge in [-0.15, -0.1) is 0 Å². The number of carbonyl (C=O) groups excluding carboxylic acids is 1. The highest BCUT2D eigenvalue weighted by Crippen LogP contribution is 2.16. The molecule has 0 aliphatic rings. The van der Waals surface area contributed by atoms with E-state index in [1.165, 1.54) is 6.07 Å². The number of carbonyl (C=O) groups is 1. The second kappa shape index (κ2) is 7.38. The largest absolute Gasteiger partial charge is 0.467 e. The van der Waals surface area contributed by atoms with E-state index in [1.54, 1.807) is 42.5 Å². The lowest BCUT2D eigenvalue weighted by Crippen LogP contribution is -2.34. The molecule has 2 rings (SSSR count). The highest BCUT2D eigenvalue weighted by molar-refractivity contribution is 9.10. The quantitative estimate of drug-likeness (QED) is 0.867. The van der Waals surface area contributed by atoms with Crippen LogP contribution in [0.2, 0.25) is 0 Å². The summed E-state index contributed by atoms with van der Waals surface area (Å²) in [6.45, 7) is 0.900. The van der Waals surface area contributed by atoms with Crippen molar-refractivity contribution in [1.29, 1.82) is 0 Å². The van der Waals surface area contributed by atoms with E-state index in [0.717, 1.165) is 4.47 Å². The summed E-state index contributed by atoms with van der Waals surface area (Å²) in [6.07, 6.45) is 1.56. The molecule has 0 aliphatic carbocycles. The van der Waals surface area contributed by atoms with Crippen LogP contribution in [0.5, 0.6) is 0 Å². The molecule has 1 heterocycles. The highest BCUT2D eigenvalue weighted by Gasteiger charge is 2.10. The molecule has 2 aromatic rings. The van der Waals surface area contributed by atoms with Crippen molar-refractivity contribution in [3.05, 3.63) is 58.2 Å². The zero-order chi connectivity index (χ0) is 15.2. The van der Waals surface area contributed by atoms with Crippen LogP contribution in [0.15, 0.2) is 45.5 Å². The molecule has 0 bridgehead atoms. The molecule has 6 heteroatoms. The Morgan fingerprint density at radius 3 is 2.95 bits per heavy atom. The first-order valence-corrected chi connectivity index (χ1v) is 7.25. The van der Waals surface area contributed by atoms with Gasteiger partial charge in [0.1, 0.15) is 11.6 Å². The molecule has 0 unspecified atom stereocenters. The molecule has 0 atom stereocenters. The standard InChI is InChI=1S/C15H16BrFN2O2/c1-19(9-11-7-12(16)4-5-14(11)17)10-15(20)18-8-13-3-2-6-21-13/h2-7H,8-10H2,1H3,(H,18,20). The normalized spacial score (nSPS) is 10.9. The van der Waals surface area contributed by atoms with E-state index in [1.807, 2.05) is 0 Å². The van der Waals surface area contributed by atoms with Gasteiger partial charge in [-0.25, -0.2) is 4.39 Å². The Morgan fingerprint density at radius 1 is 1.43 bits per heavy atom. The molecule has 0 saturated heterocycles. The number of halogens is 2. The fraction of sp³-hybridized carbons (Fsp3) is 0.267. The van der Waals surface area contributed by atoms with Gasteiger partial charge in [0.2, 0.25) is 5.91 Å². The van der Waals surface area contributed by atoms with E-state index < -0.39 is 0 Å². The van der Waals surface area contributed by atoms with Crippen LogP contribution in [0.3, 0.4) is 0 Å². The number of likely N-dealkylation sites (N-methyl/N-ethyl adjacent to an activating group) is 1. The molecule has 112 valence electrons. The fourth-order valence-corrected chi connectivity index (χ4v) is 2.32. The molecule has 21 heavy (non-hydrogen) atoms. The Bertz CT molecular complexity index is 602. The monoisotopic (exact) mass is 354 g/mol. The lowest BCUT2D eigenvalue weighted by atomic mass is 10.2. The van der Waals surface area contributed by atoms with Crippen molar-refractivity contribution in [2.45, 2.75) is 13.1 Å². The van der Waals surface area contributed by atoms with E-state index in [0.29, 0.717) is 24.4 Å². The third kappa shape index (κ3) is 4.99. The molecule has 0 spiro atoms. The maximum Gasteiger partial charge on any atom is 0.234 e. The third-order valence-corrected chi connectivity index (χ3v) is 3.39. The molecular formula is C15H16BrFN2O2. The SMILES string of the molecule is CN(CC(=O)NCc1ccco1)Cc1cc(Br)ccc1F. The number of hydrogen-bond acceptors (Lipinski definition) is 3. The molecule has 4 nitrogen and oxygen atoms in total. The molecule has 1 aromatic heterocycles. The lowest BCUT2D eigenvalue weighted by molar-refractivity contribution is -0.122. The van der Waals surface area contributed by atoms with Gasteiger partial charge in [0.05, 0.1) is 19.4 Å². The molecule has 0 saturated carbocycles. The van der Waals surface area contributed by atoms with Crippen LogP contribution in [-0.4, -0.2) is 24.4 Å². The predicted molar refractivity (Wildman–Crippen MR) is 81.0 cm³/mol. The molecule has 0 radical (unpaired) electrons. The Kier molecular flexibility index (Phi) is 5.52. The zero-order valence-electron chi connectivity index (χ0n) is 11.6. The van der Waals surface area contributed by atoms with Gasteiger partial charge in [0.25, 0.3) is 0 Å². The van der Waals surface area contributed by atoms with Crippen molar-refractivity contribution in [2.24, 2.45) is 0 Å². The number of amides is 1. The first-order valence-electron chi connectivity index (χ1n) is 6.46. The Morgan fingerprint density at radius 2 is 2.24 bits per heavy atom. The summed E-state index contributed by atoms with van der Waals surface area (Å²) in [6, 6.07) is 8.33. The van der Waals surface area contributed by atoms with E-state index in [9.17, 15) is 9.18 Å². The van der Waals surface area contributed by atoms with E-state index in [4.69, 9.17) is 4.42 Å². The Labute approximate surface area is 131 Å². The average molecular weight is 355 g/mol. The van der Waals surface area contributed by atoms with Gasteiger partial charge in [-0.3, -0.25) is 9.69 Å². The minimum atomic E-state index is -0.277. The number of hydrogen-bond donors (Lipinski definition) is 1. The first-order chi connectivity index (χ1) is 10.0. The van der Waals surface area contributed by atoms with Crippen molar-refractivity contribution in [2.75, 3.05) is 13.6 Å². The molecule has 1 amide bonds. The van der Waals surface area contributed by atoms with Crippen LogP contribution >= 0.6 is 15.9 Å². The van der Waals surface area contributed by atoms with Crippen molar-refractivity contribution in [1.82, 2.24) is 10.2 Å². The molecule has 1 aromatic carbocycles. The number of rotatable bonds is 6. The summed E-state index contributed by atoms with van der Waals surface area (Å²) in [5.41, 5.74) is 0.547. The van der Waals surface area contributed by atoms with Crippen LogP contribution in [0, 0.1) is 5.82 Å². The lowest BCUT2D eigenvalue weighted by Gasteiger charge is -2.16. The average Bonchev–Trinajstić information content (AvgIpc) is 2.94. The van der Waals surface area contributed by atoms with Gasteiger partial charge in [0.15, 0.2) is 0 Å². The van der Waals surface area contributed by atoms with Gasteiger partial charge in [-0.1, -0.05) is 15.9 Å². The molecular weight excluding hydrogens is 339 g/mol. The Hall–Kier alpha value is -1.66. The van der Waals surface area contributed by atoms with Crippen molar-refractivity contribution >= 4 is 21.8 Å². The maximum absolute atomic E-state index is 13.6. The Balaban J connectivity index is 1.82. The second-order valence-electron chi connectivity index (χ2n) is 4.76. The summed E-state index contributed by atoms with van der Waals surface area (Å²) in [5.74, 6) is 0.286. The predicted octanol–water partition coefficient (Wildman–Crippen LogP) is 2.93. The van der Waals surface area contributed by atoms with Crippen LogP contribution in [0.1, 0.15) is 11.3 Å². The third-order valence-electron chi connectivity index (χ3n) is 2.90. The van der Waals surface area contributed by atoms with Crippen LogP contribution < -0.4 is 5.32 Å². The van der Waals surface area contributed by atoms with Gasteiger partial charge >= 0.3 is 0 Å². The fourth-order valence-electron chi connectivity index (χ4n) is 1.91. The number of nitrogens with one attached hydrogen (secondary N) is 1. The number of nitrogens with zero attached hydrogens (tertiary/aromatic N) is 1. The number of furan rings is 1. The van der Waals surface area contributed by atoms with E-state index >= 15 is 0 Å². The zero-order valence-corrected chi connectivity index (χ0v) is 13.2.